The van der Waals surface area contributed by atoms with Gasteiger partial charge in [0, 0.05) is 12.6 Å². The zero-order valence-electron chi connectivity index (χ0n) is 13.0. The molecule has 0 unspecified atom stereocenters. The molecule has 116 valence electrons. The summed E-state index contributed by atoms with van der Waals surface area (Å²) >= 11 is 0. The molecular weight excluding hydrogens is 266 g/mol. The first-order chi connectivity index (χ1) is 10.0. The van der Waals surface area contributed by atoms with Crippen molar-refractivity contribution in [1.82, 2.24) is 10.6 Å². The SMILES string of the molecule is CCCCCNC(=O)c1ccccc1NC(=O)NC(C)C. The second-order valence-electron chi connectivity index (χ2n) is 5.26. The van der Waals surface area contributed by atoms with E-state index in [9.17, 15) is 9.59 Å². The van der Waals surface area contributed by atoms with Crippen molar-refractivity contribution in [2.24, 2.45) is 0 Å². The van der Waals surface area contributed by atoms with Crippen LogP contribution in [0, 0.1) is 0 Å². The Hall–Kier alpha value is -2.04. The molecular formula is C16H25N3O2. The van der Waals surface area contributed by atoms with Gasteiger partial charge in [-0.1, -0.05) is 31.9 Å². The molecule has 1 rings (SSSR count). The minimum Gasteiger partial charge on any atom is -0.352 e. The summed E-state index contributed by atoms with van der Waals surface area (Å²) in [6.45, 7) is 6.53. The topological polar surface area (TPSA) is 70.2 Å². The fraction of sp³-hybridized carbons (Fsp3) is 0.500. The van der Waals surface area contributed by atoms with Crippen molar-refractivity contribution in [3.05, 3.63) is 29.8 Å². The molecule has 3 amide bonds. The zero-order valence-corrected chi connectivity index (χ0v) is 13.0. The van der Waals surface area contributed by atoms with Crippen molar-refractivity contribution in [1.29, 1.82) is 0 Å². The van der Waals surface area contributed by atoms with Crippen LogP contribution in [0.5, 0.6) is 0 Å². The van der Waals surface area contributed by atoms with Crippen molar-refractivity contribution in [3.63, 3.8) is 0 Å². The number of hydrogen-bond donors (Lipinski definition) is 3. The second-order valence-corrected chi connectivity index (χ2v) is 5.26. The highest BCUT2D eigenvalue weighted by molar-refractivity contribution is 6.03. The fourth-order valence-electron chi connectivity index (χ4n) is 1.88. The number of rotatable bonds is 7. The van der Waals surface area contributed by atoms with E-state index in [0.29, 0.717) is 17.8 Å². The van der Waals surface area contributed by atoms with Gasteiger partial charge in [0.1, 0.15) is 0 Å². The Labute approximate surface area is 126 Å². The van der Waals surface area contributed by atoms with E-state index in [1.54, 1.807) is 24.3 Å². The maximum Gasteiger partial charge on any atom is 0.319 e. The molecule has 5 nitrogen and oxygen atoms in total. The summed E-state index contributed by atoms with van der Waals surface area (Å²) in [5, 5.41) is 8.33. The van der Waals surface area contributed by atoms with Crippen molar-refractivity contribution in [2.75, 3.05) is 11.9 Å². The number of amides is 3. The van der Waals surface area contributed by atoms with Crippen LogP contribution in [-0.2, 0) is 0 Å². The van der Waals surface area contributed by atoms with E-state index in [-0.39, 0.29) is 18.0 Å². The quantitative estimate of drug-likeness (QED) is 0.675. The van der Waals surface area contributed by atoms with Gasteiger partial charge < -0.3 is 16.0 Å². The first-order valence-electron chi connectivity index (χ1n) is 7.49. The Morgan fingerprint density at radius 2 is 1.86 bits per heavy atom. The van der Waals surface area contributed by atoms with Gasteiger partial charge in [-0.3, -0.25) is 4.79 Å². The number of urea groups is 1. The number of unbranched alkanes of at least 4 members (excludes halogenated alkanes) is 2. The molecule has 0 aliphatic heterocycles. The number of anilines is 1. The molecule has 0 saturated heterocycles. The van der Waals surface area contributed by atoms with E-state index in [0.717, 1.165) is 19.3 Å². The number of benzene rings is 1. The maximum absolute atomic E-state index is 12.1. The average Bonchev–Trinajstić information content (AvgIpc) is 2.43. The van der Waals surface area contributed by atoms with Crippen LogP contribution in [-0.4, -0.2) is 24.5 Å². The van der Waals surface area contributed by atoms with Crippen LogP contribution in [0.25, 0.3) is 0 Å². The van der Waals surface area contributed by atoms with Crippen molar-refractivity contribution >= 4 is 17.6 Å². The first kappa shape index (κ1) is 17.0. The lowest BCUT2D eigenvalue weighted by molar-refractivity contribution is 0.0954. The number of para-hydroxylation sites is 1. The van der Waals surface area contributed by atoms with Gasteiger partial charge in [-0.15, -0.1) is 0 Å². The third-order valence-corrected chi connectivity index (χ3v) is 2.91. The Morgan fingerprint density at radius 1 is 1.14 bits per heavy atom. The van der Waals surface area contributed by atoms with Crippen LogP contribution in [0.4, 0.5) is 10.5 Å². The average molecular weight is 291 g/mol. The van der Waals surface area contributed by atoms with E-state index < -0.39 is 0 Å². The molecule has 0 fully saturated rings. The lowest BCUT2D eigenvalue weighted by atomic mass is 10.1. The third kappa shape index (κ3) is 6.29. The molecule has 1 aromatic carbocycles. The molecule has 0 bridgehead atoms. The molecule has 0 atom stereocenters. The summed E-state index contributed by atoms with van der Waals surface area (Å²) in [6.07, 6.45) is 3.17. The molecule has 5 heteroatoms. The number of carbonyl (C=O) groups excluding carboxylic acids is 2. The van der Waals surface area contributed by atoms with Gasteiger partial charge in [-0.25, -0.2) is 4.79 Å². The summed E-state index contributed by atoms with van der Waals surface area (Å²) < 4.78 is 0. The molecule has 21 heavy (non-hydrogen) atoms. The minimum atomic E-state index is -0.309. The fourth-order valence-corrected chi connectivity index (χ4v) is 1.88. The maximum atomic E-state index is 12.1. The Morgan fingerprint density at radius 3 is 2.52 bits per heavy atom. The van der Waals surface area contributed by atoms with Crippen LogP contribution < -0.4 is 16.0 Å². The molecule has 0 spiro atoms. The molecule has 0 aliphatic rings. The minimum absolute atomic E-state index is 0.0417. The molecule has 0 aromatic heterocycles. The monoisotopic (exact) mass is 291 g/mol. The summed E-state index contributed by atoms with van der Waals surface area (Å²) in [6, 6.07) is 6.74. The molecule has 0 heterocycles. The predicted molar refractivity (Wildman–Crippen MR) is 85.6 cm³/mol. The summed E-state index contributed by atoms with van der Waals surface area (Å²) in [5.74, 6) is -0.161. The normalized spacial score (nSPS) is 10.3. The highest BCUT2D eigenvalue weighted by Gasteiger charge is 2.12. The molecule has 0 radical (unpaired) electrons. The summed E-state index contributed by atoms with van der Waals surface area (Å²) in [4.78, 5) is 23.9. The van der Waals surface area contributed by atoms with Crippen LogP contribution >= 0.6 is 0 Å². The van der Waals surface area contributed by atoms with Gasteiger partial charge in [-0.2, -0.15) is 0 Å². The van der Waals surface area contributed by atoms with Crippen molar-refractivity contribution in [3.8, 4) is 0 Å². The summed E-state index contributed by atoms with van der Waals surface area (Å²) in [5.41, 5.74) is 0.997. The Kier molecular flexibility index (Phi) is 7.29. The number of hydrogen-bond acceptors (Lipinski definition) is 2. The van der Waals surface area contributed by atoms with E-state index in [1.165, 1.54) is 0 Å². The van der Waals surface area contributed by atoms with Gasteiger partial charge in [0.15, 0.2) is 0 Å². The standard InChI is InChI=1S/C16H25N3O2/c1-4-5-8-11-17-15(20)13-9-6-7-10-14(13)19-16(21)18-12(2)3/h6-7,9-10,12H,4-5,8,11H2,1-3H3,(H,17,20)(H2,18,19,21). The molecule has 0 aliphatic carbocycles. The molecule has 3 N–H and O–H groups in total. The Bertz CT molecular complexity index is 472. The second kappa shape index (κ2) is 9.00. The van der Waals surface area contributed by atoms with Gasteiger partial charge in [0.2, 0.25) is 0 Å². The van der Waals surface area contributed by atoms with Gasteiger partial charge in [-0.05, 0) is 32.4 Å². The number of carbonyl (C=O) groups is 2. The highest BCUT2D eigenvalue weighted by atomic mass is 16.2. The highest BCUT2D eigenvalue weighted by Crippen LogP contribution is 2.14. The van der Waals surface area contributed by atoms with E-state index in [2.05, 4.69) is 22.9 Å². The van der Waals surface area contributed by atoms with Crippen molar-refractivity contribution < 1.29 is 9.59 Å². The van der Waals surface area contributed by atoms with Crippen LogP contribution in [0.1, 0.15) is 50.4 Å². The summed E-state index contributed by atoms with van der Waals surface area (Å²) in [7, 11) is 0. The molecule has 1 aromatic rings. The van der Waals surface area contributed by atoms with E-state index in [4.69, 9.17) is 0 Å². The van der Waals surface area contributed by atoms with Crippen LogP contribution in [0.3, 0.4) is 0 Å². The van der Waals surface area contributed by atoms with Crippen LogP contribution in [0.15, 0.2) is 24.3 Å². The van der Waals surface area contributed by atoms with E-state index in [1.807, 2.05) is 13.8 Å². The smallest absolute Gasteiger partial charge is 0.319 e. The van der Waals surface area contributed by atoms with Crippen molar-refractivity contribution in [2.45, 2.75) is 46.1 Å². The largest absolute Gasteiger partial charge is 0.352 e. The lowest BCUT2D eigenvalue weighted by Gasteiger charge is -2.13. The first-order valence-corrected chi connectivity index (χ1v) is 7.49. The van der Waals surface area contributed by atoms with Gasteiger partial charge in [0.05, 0.1) is 11.3 Å². The van der Waals surface area contributed by atoms with Gasteiger partial charge >= 0.3 is 6.03 Å². The Balaban J connectivity index is 2.65. The molecule has 0 saturated carbocycles. The lowest BCUT2D eigenvalue weighted by Crippen LogP contribution is -2.35. The number of nitrogens with one attached hydrogen (secondary N) is 3. The van der Waals surface area contributed by atoms with Crippen LogP contribution in [0.2, 0.25) is 0 Å². The third-order valence-electron chi connectivity index (χ3n) is 2.91. The predicted octanol–water partition coefficient (Wildman–Crippen LogP) is 3.14. The zero-order chi connectivity index (χ0) is 15.7. The van der Waals surface area contributed by atoms with Gasteiger partial charge in [0.25, 0.3) is 5.91 Å². The van der Waals surface area contributed by atoms with E-state index >= 15 is 0 Å².